The molecule has 0 radical (unpaired) electrons. The van der Waals surface area contributed by atoms with Crippen molar-refractivity contribution in [3.63, 3.8) is 0 Å². The van der Waals surface area contributed by atoms with Crippen molar-refractivity contribution in [3.8, 4) is 55.6 Å². The van der Waals surface area contributed by atoms with Gasteiger partial charge in [0.1, 0.15) is 0 Å². The number of aryl methyl sites for hydroxylation is 2. The van der Waals surface area contributed by atoms with Crippen LogP contribution in [0.3, 0.4) is 0 Å². The molecule has 54 heavy (non-hydrogen) atoms. The molecule has 0 heteroatoms. The van der Waals surface area contributed by atoms with Crippen molar-refractivity contribution in [2.75, 3.05) is 0 Å². The fraction of sp³-hybridized carbons (Fsp3) is 0.185. The molecular weight excluding hydrogens is 649 g/mol. The van der Waals surface area contributed by atoms with Crippen molar-refractivity contribution >= 4 is 21.5 Å². The minimum atomic E-state index is 1.16. The molecule has 0 saturated carbocycles. The Bertz CT molecular complexity index is 2350. The topological polar surface area (TPSA) is 0 Å². The zero-order valence-electron chi connectivity index (χ0n) is 31.8. The summed E-state index contributed by atoms with van der Waals surface area (Å²) in [6, 6.07) is 63.8. The Labute approximate surface area is 322 Å². The predicted molar refractivity (Wildman–Crippen MR) is 235 cm³/mol. The van der Waals surface area contributed by atoms with E-state index >= 15 is 0 Å². The van der Waals surface area contributed by atoms with Crippen molar-refractivity contribution < 1.29 is 0 Å². The van der Waals surface area contributed by atoms with Crippen LogP contribution in [0.1, 0.15) is 63.5 Å². The first-order valence-corrected chi connectivity index (χ1v) is 20.1. The van der Waals surface area contributed by atoms with E-state index in [1.54, 1.807) is 0 Å². The second-order valence-electron chi connectivity index (χ2n) is 15.0. The van der Waals surface area contributed by atoms with E-state index in [-0.39, 0.29) is 0 Å². The third kappa shape index (κ3) is 7.95. The van der Waals surface area contributed by atoms with Crippen LogP contribution < -0.4 is 0 Å². The highest BCUT2D eigenvalue weighted by molar-refractivity contribution is 6.05. The van der Waals surface area contributed by atoms with E-state index in [0.717, 1.165) is 12.8 Å². The van der Waals surface area contributed by atoms with Crippen LogP contribution in [-0.4, -0.2) is 0 Å². The number of hydrogen-bond donors (Lipinski definition) is 0. The Hall–Kier alpha value is -5.72. The standard InChI is InChI=1S/C54H50/c1-3-5-7-12-39-18-22-41(23-19-39)43-26-30-45(31-27-43)50-35-51(46-32-28-44(29-33-46)42-24-20-40(21-25-42)13-8-6-4-2)37-52(36-50)53-17-11-16-49-34-47-14-9-10-15-48(47)38-54(49)53/h9-11,14-38H,3-8,12-13H2,1-2H3. The minimum Gasteiger partial charge on any atom is -0.0654 e. The highest BCUT2D eigenvalue weighted by Gasteiger charge is 2.12. The van der Waals surface area contributed by atoms with Gasteiger partial charge in [-0.05, 0) is 144 Å². The maximum atomic E-state index is 2.38. The normalized spacial score (nSPS) is 11.4. The Morgan fingerprint density at radius 3 is 1.15 bits per heavy atom. The van der Waals surface area contributed by atoms with Gasteiger partial charge in [0.25, 0.3) is 0 Å². The number of unbranched alkanes of at least 4 members (excludes halogenated alkanes) is 4. The van der Waals surface area contributed by atoms with E-state index in [1.807, 2.05) is 0 Å². The summed E-state index contributed by atoms with van der Waals surface area (Å²) >= 11 is 0. The first-order valence-electron chi connectivity index (χ1n) is 20.1. The molecular formula is C54H50. The largest absolute Gasteiger partial charge is 0.0654 e. The molecule has 0 atom stereocenters. The van der Waals surface area contributed by atoms with Crippen LogP contribution in [0.2, 0.25) is 0 Å². The molecule has 8 aromatic carbocycles. The van der Waals surface area contributed by atoms with Crippen molar-refractivity contribution in [1.82, 2.24) is 0 Å². The van der Waals surface area contributed by atoms with Crippen LogP contribution in [0.5, 0.6) is 0 Å². The van der Waals surface area contributed by atoms with Crippen molar-refractivity contribution in [2.24, 2.45) is 0 Å². The predicted octanol–water partition coefficient (Wildman–Crippen LogP) is 15.8. The summed E-state index contributed by atoms with van der Waals surface area (Å²) in [5.41, 5.74) is 15.3. The molecule has 0 saturated heterocycles. The molecule has 0 aliphatic rings. The molecule has 8 rings (SSSR count). The lowest BCUT2D eigenvalue weighted by atomic mass is 9.90. The summed E-state index contributed by atoms with van der Waals surface area (Å²) in [5, 5.41) is 5.08. The van der Waals surface area contributed by atoms with Crippen LogP contribution in [0, 0.1) is 0 Å². The molecule has 0 fully saturated rings. The zero-order chi connectivity index (χ0) is 36.7. The summed E-state index contributed by atoms with van der Waals surface area (Å²) in [6.45, 7) is 4.53. The highest BCUT2D eigenvalue weighted by Crippen LogP contribution is 2.38. The zero-order valence-corrected chi connectivity index (χ0v) is 31.8. The Morgan fingerprint density at radius 1 is 0.296 bits per heavy atom. The summed E-state index contributed by atoms with van der Waals surface area (Å²) in [6.07, 6.45) is 9.95. The summed E-state index contributed by atoms with van der Waals surface area (Å²) in [4.78, 5) is 0. The van der Waals surface area contributed by atoms with Gasteiger partial charge < -0.3 is 0 Å². The van der Waals surface area contributed by atoms with Gasteiger partial charge in [0.05, 0.1) is 0 Å². The molecule has 8 aromatic rings. The fourth-order valence-electron chi connectivity index (χ4n) is 7.93. The Kier molecular flexibility index (Phi) is 10.8. The SMILES string of the molecule is CCCCCc1ccc(-c2ccc(-c3cc(-c4ccc(-c5ccc(CCCCC)cc5)cc4)cc(-c4cccc5cc6ccccc6cc45)c3)cc2)cc1. The van der Waals surface area contributed by atoms with E-state index in [4.69, 9.17) is 0 Å². The van der Waals surface area contributed by atoms with Gasteiger partial charge >= 0.3 is 0 Å². The molecule has 0 unspecified atom stereocenters. The van der Waals surface area contributed by atoms with Gasteiger partial charge in [0.15, 0.2) is 0 Å². The maximum Gasteiger partial charge on any atom is -0.00990 e. The lowest BCUT2D eigenvalue weighted by Gasteiger charge is -2.14. The lowest BCUT2D eigenvalue weighted by Crippen LogP contribution is -1.89. The van der Waals surface area contributed by atoms with Crippen LogP contribution >= 0.6 is 0 Å². The second-order valence-corrected chi connectivity index (χ2v) is 15.0. The van der Waals surface area contributed by atoms with E-state index in [9.17, 15) is 0 Å². The van der Waals surface area contributed by atoms with E-state index in [0.29, 0.717) is 0 Å². The van der Waals surface area contributed by atoms with Crippen molar-refractivity contribution in [1.29, 1.82) is 0 Å². The van der Waals surface area contributed by atoms with E-state index < -0.39 is 0 Å². The summed E-state index contributed by atoms with van der Waals surface area (Å²) in [7, 11) is 0. The van der Waals surface area contributed by atoms with Gasteiger partial charge in [0, 0.05) is 0 Å². The molecule has 0 bridgehead atoms. The quantitative estimate of drug-likeness (QED) is 0.0830. The number of benzene rings is 8. The van der Waals surface area contributed by atoms with Crippen LogP contribution in [0.25, 0.3) is 77.2 Å². The highest BCUT2D eigenvalue weighted by atomic mass is 14.2. The smallest absolute Gasteiger partial charge is 0.00990 e. The van der Waals surface area contributed by atoms with Crippen LogP contribution in [0.15, 0.2) is 170 Å². The number of rotatable bonds is 13. The van der Waals surface area contributed by atoms with Crippen molar-refractivity contribution in [3.05, 3.63) is 181 Å². The molecule has 0 aromatic heterocycles. The maximum absolute atomic E-state index is 2.38. The number of fused-ring (bicyclic) bond motifs is 2. The van der Waals surface area contributed by atoms with Crippen LogP contribution in [-0.2, 0) is 12.8 Å². The van der Waals surface area contributed by atoms with Gasteiger partial charge in [0.2, 0.25) is 0 Å². The lowest BCUT2D eigenvalue weighted by molar-refractivity contribution is 0.717. The molecule has 0 aliphatic carbocycles. The molecule has 0 spiro atoms. The van der Waals surface area contributed by atoms with Gasteiger partial charge in [-0.1, -0.05) is 179 Å². The Balaban J connectivity index is 1.15. The average molecular weight is 699 g/mol. The first kappa shape index (κ1) is 35.3. The average Bonchev–Trinajstić information content (AvgIpc) is 3.23. The minimum absolute atomic E-state index is 1.16. The van der Waals surface area contributed by atoms with Gasteiger partial charge in [-0.15, -0.1) is 0 Å². The molecule has 0 N–H and O–H groups in total. The van der Waals surface area contributed by atoms with Crippen LogP contribution in [0.4, 0.5) is 0 Å². The fourth-order valence-corrected chi connectivity index (χ4v) is 7.93. The van der Waals surface area contributed by atoms with Gasteiger partial charge in [-0.2, -0.15) is 0 Å². The second kappa shape index (κ2) is 16.5. The third-order valence-corrected chi connectivity index (χ3v) is 11.1. The molecule has 0 heterocycles. The van der Waals surface area contributed by atoms with E-state index in [1.165, 1.54) is 127 Å². The van der Waals surface area contributed by atoms with Gasteiger partial charge in [-0.3, -0.25) is 0 Å². The van der Waals surface area contributed by atoms with Gasteiger partial charge in [-0.25, -0.2) is 0 Å². The molecule has 266 valence electrons. The third-order valence-electron chi connectivity index (χ3n) is 11.1. The molecule has 0 nitrogen and oxygen atoms in total. The Morgan fingerprint density at radius 2 is 0.685 bits per heavy atom. The van der Waals surface area contributed by atoms with E-state index in [2.05, 4.69) is 184 Å². The monoisotopic (exact) mass is 698 g/mol. The summed E-state index contributed by atoms with van der Waals surface area (Å²) < 4.78 is 0. The number of hydrogen-bond acceptors (Lipinski definition) is 0. The molecule has 0 aliphatic heterocycles. The first-order chi connectivity index (χ1) is 26.6. The summed E-state index contributed by atoms with van der Waals surface area (Å²) in [5.74, 6) is 0. The van der Waals surface area contributed by atoms with Crippen molar-refractivity contribution in [2.45, 2.75) is 65.2 Å². The molecule has 0 amide bonds.